The van der Waals surface area contributed by atoms with E-state index in [2.05, 4.69) is 15.7 Å². The minimum Gasteiger partial charge on any atom is -0.497 e. The van der Waals surface area contributed by atoms with E-state index in [1.165, 1.54) is 0 Å². The van der Waals surface area contributed by atoms with Gasteiger partial charge in [-0.15, -0.1) is 0 Å². The third kappa shape index (κ3) is 4.38. The highest BCUT2D eigenvalue weighted by molar-refractivity contribution is 5.91. The monoisotopic (exact) mass is 336 g/mol. The summed E-state index contributed by atoms with van der Waals surface area (Å²) in [6.45, 7) is 0.544. The number of rotatable bonds is 6. The number of carbonyl (C=O) groups excluding carboxylic acids is 1. The van der Waals surface area contributed by atoms with Crippen LogP contribution in [0.5, 0.6) is 5.75 Å². The summed E-state index contributed by atoms with van der Waals surface area (Å²) >= 11 is 0. The number of carbonyl (C=O) groups is 1. The maximum absolute atomic E-state index is 12.2. The number of urea groups is 1. The van der Waals surface area contributed by atoms with E-state index in [4.69, 9.17) is 4.74 Å². The van der Waals surface area contributed by atoms with Gasteiger partial charge in [0, 0.05) is 18.9 Å². The quantitative estimate of drug-likeness (QED) is 0.726. The molecule has 0 atom stereocenters. The number of amides is 2. The van der Waals surface area contributed by atoms with Crippen molar-refractivity contribution in [1.29, 1.82) is 0 Å². The van der Waals surface area contributed by atoms with Gasteiger partial charge in [0.2, 0.25) is 0 Å². The van der Waals surface area contributed by atoms with E-state index in [-0.39, 0.29) is 6.03 Å². The lowest BCUT2D eigenvalue weighted by Gasteiger charge is -2.12. The molecule has 1 heterocycles. The Labute approximate surface area is 146 Å². The molecule has 0 fully saturated rings. The van der Waals surface area contributed by atoms with Gasteiger partial charge in [-0.2, -0.15) is 5.10 Å². The molecule has 0 bridgehead atoms. The molecular formula is C19H20N4O2. The summed E-state index contributed by atoms with van der Waals surface area (Å²) in [7, 11) is 1.64. The fourth-order valence-corrected chi connectivity index (χ4v) is 2.47. The SMILES string of the molecule is COc1ccc(CCNC(=O)Nc2ccccc2-n2cccn2)cc1. The third-order valence-electron chi connectivity index (χ3n) is 3.76. The number of para-hydroxylation sites is 2. The van der Waals surface area contributed by atoms with Crippen molar-refractivity contribution >= 4 is 11.7 Å². The van der Waals surface area contributed by atoms with Crippen LogP contribution in [0.1, 0.15) is 5.56 Å². The number of benzene rings is 2. The average Bonchev–Trinajstić information content (AvgIpc) is 3.17. The van der Waals surface area contributed by atoms with Gasteiger partial charge in [-0.1, -0.05) is 24.3 Å². The Morgan fingerprint density at radius 1 is 1.12 bits per heavy atom. The van der Waals surface area contributed by atoms with Crippen LogP contribution in [0, 0.1) is 0 Å². The van der Waals surface area contributed by atoms with Crippen LogP contribution in [-0.2, 0) is 6.42 Å². The van der Waals surface area contributed by atoms with Gasteiger partial charge in [0.25, 0.3) is 0 Å². The van der Waals surface area contributed by atoms with Gasteiger partial charge >= 0.3 is 6.03 Å². The van der Waals surface area contributed by atoms with Gasteiger partial charge in [0.1, 0.15) is 5.75 Å². The number of ether oxygens (including phenoxy) is 1. The molecule has 3 aromatic rings. The Kier molecular flexibility index (Phi) is 5.31. The van der Waals surface area contributed by atoms with E-state index in [1.807, 2.05) is 60.8 Å². The van der Waals surface area contributed by atoms with Crippen LogP contribution in [0.3, 0.4) is 0 Å². The summed E-state index contributed by atoms with van der Waals surface area (Å²) in [5.41, 5.74) is 2.66. The maximum Gasteiger partial charge on any atom is 0.319 e. The predicted octanol–water partition coefficient (Wildman–Crippen LogP) is 3.25. The number of hydrogen-bond acceptors (Lipinski definition) is 3. The number of methoxy groups -OCH3 is 1. The molecule has 0 unspecified atom stereocenters. The molecule has 0 aliphatic heterocycles. The van der Waals surface area contributed by atoms with Crippen LogP contribution in [0.15, 0.2) is 67.0 Å². The zero-order valence-corrected chi connectivity index (χ0v) is 14.0. The second-order valence-electron chi connectivity index (χ2n) is 5.45. The summed E-state index contributed by atoms with van der Waals surface area (Å²) in [6, 6.07) is 16.9. The van der Waals surface area contributed by atoms with Crippen LogP contribution in [-0.4, -0.2) is 29.5 Å². The molecule has 25 heavy (non-hydrogen) atoms. The summed E-state index contributed by atoms with van der Waals surface area (Å²) in [5, 5.41) is 9.95. The van der Waals surface area contributed by atoms with Crippen molar-refractivity contribution in [3.8, 4) is 11.4 Å². The Hall–Kier alpha value is -3.28. The number of anilines is 1. The average molecular weight is 336 g/mol. The summed E-state index contributed by atoms with van der Waals surface area (Å²) in [6.07, 6.45) is 4.28. The first-order valence-electron chi connectivity index (χ1n) is 8.03. The van der Waals surface area contributed by atoms with Crippen molar-refractivity contribution in [2.24, 2.45) is 0 Å². The lowest BCUT2D eigenvalue weighted by atomic mass is 10.1. The smallest absolute Gasteiger partial charge is 0.319 e. The number of nitrogens with one attached hydrogen (secondary N) is 2. The lowest BCUT2D eigenvalue weighted by Crippen LogP contribution is -2.30. The predicted molar refractivity (Wildman–Crippen MR) is 97.3 cm³/mol. The Balaban J connectivity index is 1.54. The Bertz CT molecular complexity index is 814. The summed E-state index contributed by atoms with van der Waals surface area (Å²) in [5.74, 6) is 0.824. The molecule has 6 nitrogen and oxygen atoms in total. The number of hydrogen-bond donors (Lipinski definition) is 2. The van der Waals surface area contributed by atoms with E-state index in [1.54, 1.807) is 18.0 Å². The first-order valence-corrected chi connectivity index (χ1v) is 8.03. The van der Waals surface area contributed by atoms with Crippen molar-refractivity contribution in [3.63, 3.8) is 0 Å². The highest BCUT2D eigenvalue weighted by atomic mass is 16.5. The second kappa shape index (κ2) is 8.01. The van der Waals surface area contributed by atoms with Crippen LogP contribution in [0.4, 0.5) is 10.5 Å². The van der Waals surface area contributed by atoms with Crippen LogP contribution in [0.25, 0.3) is 5.69 Å². The van der Waals surface area contributed by atoms with E-state index >= 15 is 0 Å². The van der Waals surface area contributed by atoms with Gasteiger partial charge < -0.3 is 15.4 Å². The molecule has 1 aromatic heterocycles. The Morgan fingerprint density at radius 2 is 1.92 bits per heavy atom. The fourth-order valence-electron chi connectivity index (χ4n) is 2.47. The van der Waals surface area contributed by atoms with Crippen molar-refractivity contribution in [2.45, 2.75) is 6.42 Å². The van der Waals surface area contributed by atoms with Gasteiger partial charge in [-0.25, -0.2) is 9.48 Å². The summed E-state index contributed by atoms with van der Waals surface area (Å²) < 4.78 is 6.85. The zero-order chi connectivity index (χ0) is 17.5. The van der Waals surface area contributed by atoms with Crippen LogP contribution >= 0.6 is 0 Å². The van der Waals surface area contributed by atoms with Gasteiger partial charge in [-0.05, 0) is 42.3 Å². The molecule has 0 saturated heterocycles. The van der Waals surface area contributed by atoms with Gasteiger partial charge in [-0.3, -0.25) is 0 Å². The minimum atomic E-state index is -0.242. The molecule has 0 saturated carbocycles. The van der Waals surface area contributed by atoms with Crippen molar-refractivity contribution in [3.05, 3.63) is 72.6 Å². The number of aromatic nitrogens is 2. The van der Waals surface area contributed by atoms with E-state index in [0.29, 0.717) is 12.2 Å². The van der Waals surface area contributed by atoms with Crippen LogP contribution < -0.4 is 15.4 Å². The molecule has 3 rings (SSSR count). The molecule has 2 N–H and O–H groups in total. The van der Waals surface area contributed by atoms with E-state index in [0.717, 1.165) is 23.4 Å². The van der Waals surface area contributed by atoms with E-state index in [9.17, 15) is 4.79 Å². The first-order chi connectivity index (χ1) is 12.3. The molecule has 2 aromatic carbocycles. The maximum atomic E-state index is 12.2. The largest absolute Gasteiger partial charge is 0.497 e. The highest BCUT2D eigenvalue weighted by Crippen LogP contribution is 2.18. The fraction of sp³-hybridized carbons (Fsp3) is 0.158. The minimum absolute atomic E-state index is 0.242. The van der Waals surface area contributed by atoms with Gasteiger partial charge in [0.05, 0.1) is 18.5 Å². The van der Waals surface area contributed by atoms with Crippen molar-refractivity contribution in [1.82, 2.24) is 15.1 Å². The molecule has 0 radical (unpaired) electrons. The Morgan fingerprint density at radius 3 is 2.64 bits per heavy atom. The van der Waals surface area contributed by atoms with E-state index < -0.39 is 0 Å². The third-order valence-corrected chi connectivity index (χ3v) is 3.76. The topological polar surface area (TPSA) is 68.2 Å². The molecule has 0 aliphatic carbocycles. The van der Waals surface area contributed by atoms with Crippen molar-refractivity contribution < 1.29 is 9.53 Å². The second-order valence-corrected chi connectivity index (χ2v) is 5.45. The molecule has 0 spiro atoms. The normalized spacial score (nSPS) is 10.3. The standard InChI is InChI=1S/C19H20N4O2/c1-25-16-9-7-15(8-10-16)11-13-20-19(24)22-17-5-2-3-6-18(17)23-14-4-12-21-23/h2-10,12,14H,11,13H2,1H3,(H2,20,22,24). The molecule has 128 valence electrons. The zero-order valence-electron chi connectivity index (χ0n) is 14.0. The van der Waals surface area contributed by atoms with Crippen molar-refractivity contribution in [2.75, 3.05) is 19.0 Å². The molecule has 0 aliphatic rings. The highest BCUT2D eigenvalue weighted by Gasteiger charge is 2.07. The first kappa shape index (κ1) is 16.6. The molecule has 6 heteroatoms. The molecule has 2 amide bonds. The number of nitrogens with zero attached hydrogens (tertiary/aromatic N) is 2. The van der Waals surface area contributed by atoms with Gasteiger partial charge in [0.15, 0.2) is 0 Å². The summed E-state index contributed by atoms with van der Waals surface area (Å²) in [4.78, 5) is 12.2. The molecular weight excluding hydrogens is 316 g/mol. The van der Waals surface area contributed by atoms with Crippen LogP contribution in [0.2, 0.25) is 0 Å². The lowest BCUT2D eigenvalue weighted by molar-refractivity contribution is 0.252.